The van der Waals surface area contributed by atoms with Gasteiger partial charge in [-0.25, -0.2) is 0 Å². The van der Waals surface area contributed by atoms with Gasteiger partial charge in [-0.2, -0.15) is 5.10 Å². The Labute approximate surface area is 161 Å². The van der Waals surface area contributed by atoms with E-state index in [-0.39, 0.29) is 12.3 Å². The number of halogens is 2. The zero-order valence-electron chi connectivity index (χ0n) is 13.8. The predicted molar refractivity (Wildman–Crippen MR) is 109 cm³/mol. The standard InChI is InChI=1S/C20H17Cl2N3O/c21-17-8-5-13(9-18(17)22)12-24-25-20(23)11-19(26)16-7-6-14-3-1-2-4-15(14)10-16/h1-10,12,19,26H,11H2,(H2,23,25)/b24-12+. The molecule has 26 heavy (non-hydrogen) atoms. The first-order chi connectivity index (χ1) is 12.5. The van der Waals surface area contributed by atoms with Crippen LogP contribution in [-0.4, -0.2) is 17.2 Å². The van der Waals surface area contributed by atoms with Crippen molar-refractivity contribution in [1.82, 2.24) is 0 Å². The number of nitrogens with two attached hydrogens (primary N) is 1. The molecule has 0 aromatic heterocycles. The lowest BCUT2D eigenvalue weighted by Crippen LogP contribution is -2.15. The molecule has 6 heteroatoms. The fraction of sp³-hybridized carbons (Fsp3) is 0.100. The van der Waals surface area contributed by atoms with E-state index in [1.807, 2.05) is 42.5 Å². The summed E-state index contributed by atoms with van der Waals surface area (Å²) in [5.41, 5.74) is 7.41. The number of rotatable bonds is 5. The second-order valence-electron chi connectivity index (χ2n) is 5.84. The molecule has 0 aliphatic rings. The minimum absolute atomic E-state index is 0.192. The lowest BCUT2D eigenvalue weighted by Gasteiger charge is -2.11. The van der Waals surface area contributed by atoms with Gasteiger partial charge in [0.2, 0.25) is 0 Å². The molecular weight excluding hydrogens is 369 g/mol. The molecule has 4 nitrogen and oxygen atoms in total. The molecule has 0 aliphatic heterocycles. The fourth-order valence-electron chi connectivity index (χ4n) is 2.53. The Balaban J connectivity index is 1.67. The molecule has 3 aromatic carbocycles. The van der Waals surface area contributed by atoms with Crippen molar-refractivity contribution in [2.24, 2.45) is 15.9 Å². The van der Waals surface area contributed by atoms with Crippen molar-refractivity contribution in [3.05, 3.63) is 81.8 Å². The molecule has 0 radical (unpaired) electrons. The van der Waals surface area contributed by atoms with Crippen LogP contribution in [0.5, 0.6) is 0 Å². The summed E-state index contributed by atoms with van der Waals surface area (Å²) in [6.45, 7) is 0. The number of aliphatic hydroxyl groups is 1. The second kappa shape index (κ2) is 8.32. The van der Waals surface area contributed by atoms with Crippen molar-refractivity contribution < 1.29 is 5.11 Å². The summed E-state index contributed by atoms with van der Waals surface area (Å²) in [4.78, 5) is 0. The zero-order chi connectivity index (χ0) is 18.5. The van der Waals surface area contributed by atoms with E-state index in [9.17, 15) is 5.11 Å². The third-order valence-electron chi connectivity index (χ3n) is 3.90. The Morgan fingerprint density at radius 2 is 1.77 bits per heavy atom. The van der Waals surface area contributed by atoms with Crippen LogP contribution in [0.2, 0.25) is 10.0 Å². The van der Waals surface area contributed by atoms with Crippen LogP contribution in [0.1, 0.15) is 23.7 Å². The maximum Gasteiger partial charge on any atom is 0.125 e. The van der Waals surface area contributed by atoms with Gasteiger partial charge in [-0.05, 0) is 40.1 Å². The Hall–Kier alpha value is -2.40. The highest BCUT2D eigenvalue weighted by Crippen LogP contribution is 2.23. The van der Waals surface area contributed by atoms with Gasteiger partial charge in [0.15, 0.2) is 0 Å². The predicted octanol–water partition coefficient (Wildman–Crippen LogP) is 4.96. The van der Waals surface area contributed by atoms with Gasteiger partial charge in [0, 0.05) is 6.42 Å². The van der Waals surface area contributed by atoms with E-state index in [1.165, 1.54) is 6.21 Å². The molecule has 0 saturated carbocycles. The average Bonchev–Trinajstić information content (AvgIpc) is 2.64. The molecule has 3 rings (SSSR count). The molecule has 0 heterocycles. The monoisotopic (exact) mass is 385 g/mol. The summed E-state index contributed by atoms with van der Waals surface area (Å²) in [5, 5.41) is 21.4. The molecule has 3 aromatic rings. The van der Waals surface area contributed by atoms with Gasteiger partial charge in [0.1, 0.15) is 5.84 Å². The molecule has 132 valence electrons. The summed E-state index contributed by atoms with van der Waals surface area (Å²) < 4.78 is 0. The van der Waals surface area contributed by atoms with Crippen LogP contribution in [0, 0.1) is 0 Å². The minimum atomic E-state index is -0.747. The number of aliphatic hydroxyl groups excluding tert-OH is 1. The first kappa shape index (κ1) is 18.4. The largest absolute Gasteiger partial charge is 0.388 e. The number of amidine groups is 1. The lowest BCUT2D eigenvalue weighted by molar-refractivity contribution is 0.186. The van der Waals surface area contributed by atoms with Gasteiger partial charge in [0.25, 0.3) is 0 Å². The molecule has 0 amide bonds. The van der Waals surface area contributed by atoms with Gasteiger partial charge < -0.3 is 10.8 Å². The van der Waals surface area contributed by atoms with E-state index in [4.69, 9.17) is 28.9 Å². The fourth-order valence-corrected chi connectivity index (χ4v) is 2.84. The molecule has 1 unspecified atom stereocenters. The van der Waals surface area contributed by atoms with Gasteiger partial charge in [-0.3, -0.25) is 0 Å². The summed E-state index contributed by atoms with van der Waals surface area (Å²) in [7, 11) is 0. The van der Waals surface area contributed by atoms with Crippen LogP contribution in [0.25, 0.3) is 10.8 Å². The smallest absolute Gasteiger partial charge is 0.125 e. The molecule has 0 saturated heterocycles. The van der Waals surface area contributed by atoms with Crippen LogP contribution in [0.4, 0.5) is 0 Å². The summed E-state index contributed by atoms with van der Waals surface area (Å²) in [6.07, 6.45) is 0.970. The van der Waals surface area contributed by atoms with E-state index >= 15 is 0 Å². The van der Waals surface area contributed by atoms with Gasteiger partial charge in [-0.15, -0.1) is 5.10 Å². The molecule has 1 atom stereocenters. The van der Waals surface area contributed by atoms with Crippen LogP contribution >= 0.6 is 23.2 Å². The third-order valence-corrected chi connectivity index (χ3v) is 4.64. The lowest BCUT2D eigenvalue weighted by atomic mass is 10.0. The van der Waals surface area contributed by atoms with Gasteiger partial charge >= 0.3 is 0 Å². The number of fused-ring (bicyclic) bond motifs is 1. The first-order valence-electron chi connectivity index (χ1n) is 8.00. The summed E-state index contributed by atoms with van der Waals surface area (Å²) >= 11 is 11.8. The Bertz CT molecular complexity index is 986. The average molecular weight is 386 g/mol. The zero-order valence-corrected chi connectivity index (χ0v) is 15.3. The SMILES string of the molecule is N/C(CC(O)c1ccc2ccccc2c1)=N\N=C\c1ccc(Cl)c(Cl)c1. The molecule has 0 aliphatic carbocycles. The van der Waals surface area contributed by atoms with Crippen LogP contribution in [0.15, 0.2) is 70.9 Å². The van der Waals surface area contributed by atoms with E-state index in [1.54, 1.807) is 18.2 Å². The van der Waals surface area contributed by atoms with Crippen molar-refractivity contribution in [3.63, 3.8) is 0 Å². The molecule has 3 N–H and O–H groups in total. The highest BCUT2D eigenvalue weighted by Gasteiger charge is 2.10. The number of nitrogens with zero attached hydrogens (tertiary/aromatic N) is 2. The third kappa shape index (κ3) is 4.61. The van der Waals surface area contributed by atoms with E-state index in [0.29, 0.717) is 10.0 Å². The van der Waals surface area contributed by atoms with Crippen molar-refractivity contribution >= 4 is 46.0 Å². The molecular formula is C20H17Cl2N3O. The van der Waals surface area contributed by atoms with Crippen molar-refractivity contribution in [1.29, 1.82) is 0 Å². The van der Waals surface area contributed by atoms with Crippen molar-refractivity contribution in [2.75, 3.05) is 0 Å². The number of benzene rings is 3. The topological polar surface area (TPSA) is 71.0 Å². The maximum absolute atomic E-state index is 10.4. The Morgan fingerprint density at radius 3 is 2.54 bits per heavy atom. The first-order valence-corrected chi connectivity index (χ1v) is 8.76. The quantitative estimate of drug-likeness (QED) is 0.370. The summed E-state index contributed by atoms with van der Waals surface area (Å²) in [6, 6.07) is 18.9. The van der Waals surface area contributed by atoms with E-state index in [0.717, 1.165) is 21.9 Å². The summed E-state index contributed by atoms with van der Waals surface area (Å²) in [5.74, 6) is 0.238. The van der Waals surface area contributed by atoms with Crippen LogP contribution < -0.4 is 5.73 Å². The van der Waals surface area contributed by atoms with Crippen molar-refractivity contribution in [2.45, 2.75) is 12.5 Å². The van der Waals surface area contributed by atoms with Gasteiger partial charge in [0.05, 0.1) is 22.4 Å². The van der Waals surface area contributed by atoms with E-state index < -0.39 is 6.10 Å². The van der Waals surface area contributed by atoms with Crippen LogP contribution in [-0.2, 0) is 0 Å². The minimum Gasteiger partial charge on any atom is -0.388 e. The molecule has 0 spiro atoms. The second-order valence-corrected chi connectivity index (χ2v) is 6.65. The highest BCUT2D eigenvalue weighted by atomic mass is 35.5. The Morgan fingerprint density at radius 1 is 1.00 bits per heavy atom. The van der Waals surface area contributed by atoms with Gasteiger partial charge in [-0.1, -0.05) is 65.7 Å². The maximum atomic E-state index is 10.4. The number of hydrogen-bond donors (Lipinski definition) is 2. The molecule has 0 bridgehead atoms. The highest BCUT2D eigenvalue weighted by molar-refractivity contribution is 6.42. The van der Waals surface area contributed by atoms with Crippen molar-refractivity contribution in [3.8, 4) is 0 Å². The normalized spacial score (nSPS) is 13.4. The van der Waals surface area contributed by atoms with Crippen LogP contribution in [0.3, 0.4) is 0 Å². The molecule has 0 fully saturated rings. The van der Waals surface area contributed by atoms with E-state index in [2.05, 4.69) is 10.2 Å². The Kier molecular flexibility index (Phi) is 5.89. The number of hydrogen-bond acceptors (Lipinski definition) is 3.